The molecule has 0 aliphatic carbocycles. The molecule has 0 saturated carbocycles. The van der Waals surface area contributed by atoms with Gasteiger partial charge in [-0.3, -0.25) is 0 Å². The van der Waals surface area contributed by atoms with Gasteiger partial charge in [0.1, 0.15) is 0 Å². The second kappa shape index (κ2) is 17.8. The Hall–Kier alpha value is -0.240. The minimum absolute atomic E-state index is 0.591. The fourth-order valence-electron chi connectivity index (χ4n) is 1.26. The molecule has 0 radical (unpaired) electrons. The third kappa shape index (κ3) is 17.8. The van der Waals surface area contributed by atoms with Crippen molar-refractivity contribution in [2.75, 3.05) is 80.2 Å². The molecule has 0 amide bonds. The number of hydrogen-bond donors (Lipinski definition) is 1. The molecule has 0 heterocycles. The van der Waals surface area contributed by atoms with Gasteiger partial charge >= 0.3 is 0 Å². The van der Waals surface area contributed by atoms with E-state index in [0.29, 0.717) is 52.9 Å². The molecule has 116 valence electrons. The van der Waals surface area contributed by atoms with Gasteiger partial charge in [0.15, 0.2) is 0 Å². The summed E-state index contributed by atoms with van der Waals surface area (Å²) < 4.78 is 26.2. The predicted octanol–water partition coefficient (Wildman–Crippen LogP) is 0.309. The molecule has 0 aromatic heterocycles. The summed E-state index contributed by atoms with van der Waals surface area (Å²) in [6.45, 7) is 6.63. The largest absolute Gasteiger partial charge is 0.382 e. The zero-order valence-corrected chi connectivity index (χ0v) is 12.3. The number of nitrogens with one attached hydrogen (secondary N) is 1. The second-order valence-electron chi connectivity index (χ2n) is 3.90. The molecule has 0 spiro atoms. The summed E-state index contributed by atoms with van der Waals surface area (Å²) in [7, 11) is 3.59. The van der Waals surface area contributed by atoms with Crippen molar-refractivity contribution in [3.8, 4) is 0 Å². The Morgan fingerprint density at radius 2 is 1.05 bits per heavy atom. The Labute approximate surface area is 116 Å². The summed E-state index contributed by atoms with van der Waals surface area (Å²) in [6.07, 6.45) is 1.03. The minimum Gasteiger partial charge on any atom is -0.382 e. The van der Waals surface area contributed by atoms with E-state index in [-0.39, 0.29) is 0 Å². The summed E-state index contributed by atoms with van der Waals surface area (Å²) in [5, 5.41) is 3.07. The molecular weight excluding hydrogens is 250 g/mol. The van der Waals surface area contributed by atoms with E-state index < -0.39 is 0 Å². The van der Waals surface area contributed by atoms with Crippen LogP contribution in [0.25, 0.3) is 0 Å². The topological polar surface area (TPSA) is 58.2 Å². The second-order valence-corrected chi connectivity index (χ2v) is 3.90. The lowest BCUT2D eigenvalue weighted by atomic mass is 10.4. The van der Waals surface area contributed by atoms with Crippen LogP contribution in [0.3, 0.4) is 0 Å². The van der Waals surface area contributed by atoms with Crippen LogP contribution in [0, 0.1) is 0 Å². The number of rotatable bonds is 16. The Morgan fingerprint density at radius 1 is 0.632 bits per heavy atom. The van der Waals surface area contributed by atoms with E-state index in [2.05, 4.69) is 5.32 Å². The van der Waals surface area contributed by atoms with Crippen LogP contribution in [0.2, 0.25) is 0 Å². The highest BCUT2D eigenvalue weighted by Crippen LogP contribution is 1.84. The highest BCUT2D eigenvalue weighted by Gasteiger charge is 1.92. The van der Waals surface area contributed by atoms with Crippen molar-refractivity contribution in [2.45, 2.75) is 6.42 Å². The van der Waals surface area contributed by atoms with Crippen LogP contribution >= 0.6 is 0 Å². The molecule has 6 heteroatoms. The molecule has 1 N–H and O–H groups in total. The van der Waals surface area contributed by atoms with Gasteiger partial charge in [0.25, 0.3) is 0 Å². The molecule has 0 saturated heterocycles. The molecule has 0 aromatic carbocycles. The lowest BCUT2D eigenvalue weighted by Crippen LogP contribution is -2.14. The first-order valence-electron chi connectivity index (χ1n) is 6.86. The first-order chi connectivity index (χ1) is 9.41. The highest BCUT2D eigenvalue weighted by molar-refractivity contribution is 4.40. The van der Waals surface area contributed by atoms with Crippen molar-refractivity contribution in [3.63, 3.8) is 0 Å². The molecular formula is C13H29NO5. The summed E-state index contributed by atoms with van der Waals surface area (Å²) in [5.41, 5.74) is 0. The lowest BCUT2D eigenvalue weighted by Gasteiger charge is -2.07. The van der Waals surface area contributed by atoms with Crippen LogP contribution in [0.4, 0.5) is 0 Å². The van der Waals surface area contributed by atoms with E-state index in [1.165, 1.54) is 0 Å². The van der Waals surface area contributed by atoms with E-state index in [9.17, 15) is 0 Å². The third-order valence-electron chi connectivity index (χ3n) is 2.26. The van der Waals surface area contributed by atoms with Crippen LogP contribution in [0.15, 0.2) is 0 Å². The monoisotopic (exact) mass is 279 g/mol. The Kier molecular flexibility index (Phi) is 17.5. The van der Waals surface area contributed by atoms with Gasteiger partial charge in [-0.05, 0) is 20.0 Å². The van der Waals surface area contributed by atoms with Crippen molar-refractivity contribution < 1.29 is 23.7 Å². The van der Waals surface area contributed by atoms with E-state index in [0.717, 1.165) is 19.6 Å². The van der Waals surface area contributed by atoms with E-state index in [4.69, 9.17) is 23.7 Å². The zero-order chi connectivity index (χ0) is 14.0. The molecule has 0 rings (SSSR count). The number of hydrogen-bond acceptors (Lipinski definition) is 6. The van der Waals surface area contributed by atoms with E-state index in [1.54, 1.807) is 7.11 Å². The van der Waals surface area contributed by atoms with Crippen molar-refractivity contribution in [3.05, 3.63) is 0 Å². The summed E-state index contributed by atoms with van der Waals surface area (Å²) in [4.78, 5) is 0. The standard InChI is InChI=1S/C13H29NO5/c1-14-4-3-5-16-8-9-18-12-13-19-11-10-17-7-6-15-2/h14H,3-13H2,1-2H3. The van der Waals surface area contributed by atoms with Gasteiger partial charge in [0.05, 0.1) is 52.9 Å². The van der Waals surface area contributed by atoms with Gasteiger partial charge in [0, 0.05) is 13.7 Å². The lowest BCUT2D eigenvalue weighted by molar-refractivity contribution is -0.00786. The van der Waals surface area contributed by atoms with Gasteiger partial charge < -0.3 is 29.0 Å². The number of ether oxygens (including phenoxy) is 5. The van der Waals surface area contributed by atoms with E-state index in [1.807, 2.05) is 7.05 Å². The maximum absolute atomic E-state index is 5.38. The van der Waals surface area contributed by atoms with Crippen LogP contribution in [0.1, 0.15) is 6.42 Å². The molecule has 0 unspecified atom stereocenters. The van der Waals surface area contributed by atoms with Gasteiger partial charge in [-0.25, -0.2) is 0 Å². The van der Waals surface area contributed by atoms with Crippen molar-refractivity contribution >= 4 is 0 Å². The van der Waals surface area contributed by atoms with Crippen molar-refractivity contribution in [1.82, 2.24) is 5.32 Å². The minimum atomic E-state index is 0.591. The normalized spacial score (nSPS) is 11.1. The van der Waals surface area contributed by atoms with Crippen molar-refractivity contribution in [1.29, 1.82) is 0 Å². The molecule has 0 aromatic rings. The molecule has 19 heavy (non-hydrogen) atoms. The molecule has 6 nitrogen and oxygen atoms in total. The molecule has 0 aliphatic heterocycles. The summed E-state index contributed by atoms with van der Waals surface area (Å²) in [5.74, 6) is 0. The average Bonchev–Trinajstić information content (AvgIpc) is 2.43. The quantitative estimate of drug-likeness (QED) is 0.410. The van der Waals surface area contributed by atoms with Gasteiger partial charge in [0.2, 0.25) is 0 Å². The van der Waals surface area contributed by atoms with Crippen molar-refractivity contribution in [2.24, 2.45) is 0 Å². The van der Waals surface area contributed by atoms with E-state index >= 15 is 0 Å². The Bertz CT molecular complexity index is 144. The van der Waals surface area contributed by atoms with Crippen LogP contribution in [0.5, 0.6) is 0 Å². The Morgan fingerprint density at radius 3 is 1.47 bits per heavy atom. The summed E-state index contributed by atoms with van der Waals surface area (Å²) >= 11 is 0. The number of methoxy groups -OCH3 is 1. The fourth-order valence-corrected chi connectivity index (χ4v) is 1.26. The average molecular weight is 279 g/mol. The fraction of sp³-hybridized carbons (Fsp3) is 1.00. The molecule has 0 fully saturated rings. The van der Waals surface area contributed by atoms with Crippen LogP contribution < -0.4 is 5.32 Å². The SMILES string of the molecule is CNCCCOCCOCCOCCOCCOC. The van der Waals surface area contributed by atoms with Gasteiger partial charge in [-0.1, -0.05) is 0 Å². The van der Waals surface area contributed by atoms with Crippen LogP contribution in [-0.4, -0.2) is 80.2 Å². The van der Waals surface area contributed by atoms with Gasteiger partial charge in [-0.2, -0.15) is 0 Å². The first-order valence-corrected chi connectivity index (χ1v) is 6.86. The molecule has 0 atom stereocenters. The first kappa shape index (κ1) is 18.8. The Balaban J connectivity index is 2.88. The summed E-state index contributed by atoms with van der Waals surface area (Å²) in [6, 6.07) is 0. The molecule has 0 bridgehead atoms. The molecule has 0 aliphatic rings. The highest BCUT2D eigenvalue weighted by atomic mass is 16.6. The maximum Gasteiger partial charge on any atom is 0.0701 e. The zero-order valence-electron chi connectivity index (χ0n) is 12.3. The van der Waals surface area contributed by atoms with Gasteiger partial charge in [-0.15, -0.1) is 0 Å². The third-order valence-corrected chi connectivity index (χ3v) is 2.26. The smallest absolute Gasteiger partial charge is 0.0701 e. The van der Waals surface area contributed by atoms with Crippen LogP contribution in [-0.2, 0) is 23.7 Å². The predicted molar refractivity (Wildman–Crippen MR) is 73.7 cm³/mol. The maximum atomic E-state index is 5.38.